The zero-order valence-corrected chi connectivity index (χ0v) is 12.0. The Morgan fingerprint density at radius 3 is 2.71 bits per heavy atom. The smallest absolute Gasteiger partial charge is 0.240 e. The molecule has 1 heterocycles. The van der Waals surface area contributed by atoms with Crippen molar-refractivity contribution in [1.82, 2.24) is 15.6 Å². The van der Waals surface area contributed by atoms with Gasteiger partial charge in [0.05, 0.1) is 11.9 Å². The first kappa shape index (κ1) is 14.9. The monoisotopic (exact) mass is 288 g/mol. The van der Waals surface area contributed by atoms with E-state index in [0.717, 1.165) is 22.5 Å². The van der Waals surface area contributed by atoms with Crippen molar-refractivity contribution in [1.29, 1.82) is 0 Å². The van der Waals surface area contributed by atoms with Crippen LogP contribution in [0.1, 0.15) is 28.9 Å². The van der Waals surface area contributed by atoms with Crippen molar-refractivity contribution >= 4 is 12.1 Å². The van der Waals surface area contributed by atoms with Crippen molar-refractivity contribution < 1.29 is 9.18 Å². The molecule has 0 aliphatic rings. The zero-order chi connectivity index (χ0) is 15.2. The number of hydrazone groups is 1. The van der Waals surface area contributed by atoms with Crippen LogP contribution in [0, 0.1) is 19.7 Å². The van der Waals surface area contributed by atoms with E-state index in [4.69, 9.17) is 0 Å². The van der Waals surface area contributed by atoms with Crippen molar-refractivity contribution in [2.24, 2.45) is 5.10 Å². The Labute approximate surface area is 122 Å². The number of amides is 1. The minimum Gasteiger partial charge on any atom is -0.282 e. The van der Waals surface area contributed by atoms with Gasteiger partial charge in [-0.1, -0.05) is 12.1 Å². The molecule has 21 heavy (non-hydrogen) atoms. The SMILES string of the molecule is Cc1n[nH]c(C)c1CCC(=O)N/N=C\c1ccc(F)cc1. The maximum absolute atomic E-state index is 12.7. The number of aromatic amines is 1. The highest BCUT2D eigenvalue weighted by Crippen LogP contribution is 2.11. The summed E-state index contributed by atoms with van der Waals surface area (Å²) in [5.74, 6) is -0.476. The van der Waals surface area contributed by atoms with E-state index in [1.165, 1.54) is 18.3 Å². The van der Waals surface area contributed by atoms with Crippen LogP contribution in [-0.2, 0) is 11.2 Å². The van der Waals surface area contributed by atoms with E-state index in [9.17, 15) is 9.18 Å². The van der Waals surface area contributed by atoms with Gasteiger partial charge in [0.1, 0.15) is 5.82 Å². The molecule has 0 unspecified atom stereocenters. The number of aromatic nitrogens is 2. The minimum absolute atomic E-state index is 0.173. The van der Waals surface area contributed by atoms with E-state index in [-0.39, 0.29) is 11.7 Å². The highest BCUT2D eigenvalue weighted by atomic mass is 19.1. The number of halogens is 1. The number of hydrogen-bond acceptors (Lipinski definition) is 3. The Hall–Kier alpha value is -2.50. The van der Waals surface area contributed by atoms with Crippen LogP contribution >= 0.6 is 0 Å². The molecule has 2 N–H and O–H groups in total. The Morgan fingerprint density at radius 1 is 1.38 bits per heavy atom. The predicted molar refractivity (Wildman–Crippen MR) is 78.5 cm³/mol. The molecule has 0 fully saturated rings. The standard InChI is InChI=1S/C15H17FN4O/c1-10-14(11(2)19-18-10)7-8-15(21)20-17-9-12-3-5-13(16)6-4-12/h3-6,9H,7-8H2,1-2H3,(H,18,19)(H,20,21)/b17-9-. The molecular formula is C15H17FN4O. The van der Waals surface area contributed by atoms with Crippen LogP contribution in [0.25, 0.3) is 0 Å². The molecule has 0 aliphatic heterocycles. The van der Waals surface area contributed by atoms with Gasteiger partial charge in [-0.3, -0.25) is 9.89 Å². The van der Waals surface area contributed by atoms with Crippen LogP contribution in [-0.4, -0.2) is 22.3 Å². The molecule has 0 saturated heterocycles. The molecule has 2 rings (SSSR count). The van der Waals surface area contributed by atoms with Crippen LogP contribution in [0.15, 0.2) is 29.4 Å². The quantitative estimate of drug-likeness (QED) is 0.654. The van der Waals surface area contributed by atoms with Gasteiger partial charge in [-0.15, -0.1) is 0 Å². The van der Waals surface area contributed by atoms with Crippen LogP contribution in [0.4, 0.5) is 4.39 Å². The Morgan fingerprint density at radius 2 is 2.10 bits per heavy atom. The van der Waals surface area contributed by atoms with Crippen LogP contribution in [0.3, 0.4) is 0 Å². The first-order valence-corrected chi connectivity index (χ1v) is 6.64. The minimum atomic E-state index is -0.304. The third-order valence-electron chi connectivity index (χ3n) is 3.16. The number of nitrogens with one attached hydrogen (secondary N) is 2. The Kier molecular flexibility index (Phi) is 4.81. The summed E-state index contributed by atoms with van der Waals surface area (Å²) in [5, 5.41) is 10.8. The average Bonchev–Trinajstić information content (AvgIpc) is 2.78. The molecule has 0 atom stereocenters. The fourth-order valence-corrected chi connectivity index (χ4v) is 1.96. The predicted octanol–water partition coefficient (Wildman–Crippen LogP) is 2.25. The molecule has 2 aromatic rings. The number of H-pyrrole nitrogens is 1. The number of rotatable bonds is 5. The first-order chi connectivity index (χ1) is 10.1. The number of hydrogen-bond donors (Lipinski definition) is 2. The Bertz CT molecular complexity index is 627. The van der Waals surface area contributed by atoms with E-state index in [2.05, 4.69) is 20.7 Å². The van der Waals surface area contributed by atoms with Gasteiger partial charge in [-0.2, -0.15) is 10.2 Å². The highest BCUT2D eigenvalue weighted by molar-refractivity contribution is 5.82. The second-order valence-electron chi connectivity index (χ2n) is 4.76. The summed E-state index contributed by atoms with van der Waals surface area (Å²) in [7, 11) is 0. The summed E-state index contributed by atoms with van der Waals surface area (Å²) in [4.78, 5) is 11.7. The number of carbonyl (C=O) groups excluding carboxylic acids is 1. The van der Waals surface area contributed by atoms with Gasteiger partial charge in [0.2, 0.25) is 5.91 Å². The lowest BCUT2D eigenvalue weighted by molar-refractivity contribution is -0.121. The van der Waals surface area contributed by atoms with Gasteiger partial charge in [0, 0.05) is 12.1 Å². The highest BCUT2D eigenvalue weighted by Gasteiger charge is 2.08. The van der Waals surface area contributed by atoms with Gasteiger partial charge in [0.15, 0.2) is 0 Å². The maximum Gasteiger partial charge on any atom is 0.240 e. The summed E-state index contributed by atoms with van der Waals surface area (Å²) < 4.78 is 12.7. The first-order valence-electron chi connectivity index (χ1n) is 6.64. The van der Waals surface area contributed by atoms with Crippen molar-refractivity contribution in [3.8, 4) is 0 Å². The average molecular weight is 288 g/mol. The molecule has 0 bridgehead atoms. The molecule has 1 amide bonds. The molecule has 1 aromatic carbocycles. The zero-order valence-electron chi connectivity index (χ0n) is 12.0. The van der Waals surface area contributed by atoms with Gasteiger partial charge in [0.25, 0.3) is 0 Å². The second-order valence-corrected chi connectivity index (χ2v) is 4.76. The summed E-state index contributed by atoms with van der Waals surface area (Å²) in [5.41, 5.74) is 6.13. The van der Waals surface area contributed by atoms with E-state index < -0.39 is 0 Å². The molecule has 1 aromatic heterocycles. The topological polar surface area (TPSA) is 70.1 Å². The molecule has 0 saturated carbocycles. The number of carbonyl (C=O) groups is 1. The molecule has 110 valence electrons. The molecule has 0 aliphatic carbocycles. The van der Waals surface area contributed by atoms with Crippen molar-refractivity contribution in [2.45, 2.75) is 26.7 Å². The third-order valence-corrected chi connectivity index (χ3v) is 3.16. The molecule has 0 radical (unpaired) electrons. The fourth-order valence-electron chi connectivity index (χ4n) is 1.96. The number of benzene rings is 1. The largest absolute Gasteiger partial charge is 0.282 e. The van der Waals surface area contributed by atoms with E-state index in [0.29, 0.717) is 12.8 Å². The lowest BCUT2D eigenvalue weighted by Gasteiger charge is -2.01. The van der Waals surface area contributed by atoms with Crippen molar-refractivity contribution in [3.05, 3.63) is 52.6 Å². The van der Waals surface area contributed by atoms with E-state index in [1.807, 2.05) is 13.8 Å². The summed E-state index contributed by atoms with van der Waals surface area (Å²) in [6.07, 6.45) is 2.43. The third kappa shape index (κ3) is 4.24. The Balaban J connectivity index is 1.81. The van der Waals surface area contributed by atoms with Gasteiger partial charge in [-0.25, -0.2) is 9.82 Å². The van der Waals surface area contributed by atoms with E-state index >= 15 is 0 Å². The second kappa shape index (κ2) is 6.78. The summed E-state index contributed by atoms with van der Waals surface area (Å²) in [6, 6.07) is 5.85. The van der Waals surface area contributed by atoms with Crippen molar-refractivity contribution in [3.63, 3.8) is 0 Å². The van der Waals surface area contributed by atoms with E-state index in [1.54, 1.807) is 12.1 Å². The molecule has 6 heteroatoms. The normalized spacial score (nSPS) is 11.0. The van der Waals surface area contributed by atoms with Crippen LogP contribution in [0.2, 0.25) is 0 Å². The van der Waals surface area contributed by atoms with Crippen LogP contribution < -0.4 is 5.43 Å². The van der Waals surface area contributed by atoms with Gasteiger partial charge >= 0.3 is 0 Å². The number of aryl methyl sites for hydroxylation is 2. The molecular weight excluding hydrogens is 271 g/mol. The lowest BCUT2D eigenvalue weighted by Crippen LogP contribution is -2.18. The maximum atomic E-state index is 12.7. The van der Waals surface area contributed by atoms with Gasteiger partial charge < -0.3 is 0 Å². The lowest BCUT2D eigenvalue weighted by atomic mass is 10.1. The molecule has 5 nitrogen and oxygen atoms in total. The van der Waals surface area contributed by atoms with Crippen LogP contribution in [0.5, 0.6) is 0 Å². The van der Waals surface area contributed by atoms with Gasteiger partial charge in [-0.05, 0) is 43.5 Å². The summed E-state index contributed by atoms with van der Waals surface area (Å²) >= 11 is 0. The van der Waals surface area contributed by atoms with Crippen molar-refractivity contribution in [2.75, 3.05) is 0 Å². The summed E-state index contributed by atoms with van der Waals surface area (Å²) in [6.45, 7) is 3.84. The fraction of sp³-hybridized carbons (Fsp3) is 0.267. The molecule has 0 spiro atoms. The number of nitrogens with zero attached hydrogens (tertiary/aromatic N) is 2.